The van der Waals surface area contributed by atoms with Crippen LogP contribution in [0.25, 0.3) is 0 Å². The molecule has 2 fully saturated rings. The molecule has 3 rings (SSSR count). The molecule has 3 aliphatic rings. The van der Waals surface area contributed by atoms with Crippen LogP contribution in [0.5, 0.6) is 0 Å². The lowest BCUT2D eigenvalue weighted by Gasteiger charge is -2.33. The number of nitrogens with zero attached hydrogens (tertiary/aromatic N) is 1. The van der Waals surface area contributed by atoms with Crippen molar-refractivity contribution in [2.24, 2.45) is 17.8 Å². The number of rotatable bonds is 2. The summed E-state index contributed by atoms with van der Waals surface area (Å²) in [6.45, 7) is 3.33. The van der Waals surface area contributed by atoms with Crippen LogP contribution in [0.4, 0.5) is 0 Å². The van der Waals surface area contributed by atoms with Crippen molar-refractivity contribution < 1.29 is 19.5 Å². The van der Waals surface area contributed by atoms with Gasteiger partial charge in [0.15, 0.2) is 0 Å². The van der Waals surface area contributed by atoms with Gasteiger partial charge in [0.1, 0.15) is 0 Å². The first-order chi connectivity index (χ1) is 8.91. The number of amides is 2. The molecule has 1 N–H and O–H groups in total. The highest BCUT2D eigenvalue weighted by molar-refractivity contribution is 6.19. The maximum Gasteiger partial charge on any atom is 0.306 e. The normalized spacial score (nSPS) is 37.7. The number of carbonyl (C=O) groups excluding carboxylic acids is 2. The number of imide groups is 1. The van der Waals surface area contributed by atoms with Gasteiger partial charge in [-0.15, -0.1) is 0 Å². The fourth-order valence-electron chi connectivity index (χ4n) is 3.97. The Labute approximate surface area is 111 Å². The monoisotopic (exact) mass is 263 g/mol. The van der Waals surface area contributed by atoms with Crippen molar-refractivity contribution in [1.29, 1.82) is 0 Å². The van der Waals surface area contributed by atoms with E-state index in [9.17, 15) is 19.5 Å². The molecule has 0 spiro atoms. The Morgan fingerprint density at radius 1 is 1.11 bits per heavy atom. The van der Waals surface area contributed by atoms with Crippen molar-refractivity contribution in [1.82, 2.24) is 4.90 Å². The van der Waals surface area contributed by atoms with Crippen LogP contribution in [0, 0.1) is 17.8 Å². The first kappa shape index (κ1) is 12.4. The summed E-state index contributed by atoms with van der Waals surface area (Å²) < 4.78 is 0. The van der Waals surface area contributed by atoms with Crippen LogP contribution in [0.2, 0.25) is 0 Å². The molecule has 4 atom stereocenters. The van der Waals surface area contributed by atoms with Gasteiger partial charge in [0, 0.05) is 17.2 Å². The molecule has 2 aliphatic carbocycles. The van der Waals surface area contributed by atoms with Crippen molar-refractivity contribution in [2.45, 2.75) is 39.2 Å². The molecular weight excluding hydrogens is 246 g/mol. The number of carboxylic acid groups (broad SMARTS) is 1. The topological polar surface area (TPSA) is 74.7 Å². The van der Waals surface area contributed by atoms with Gasteiger partial charge in [0.2, 0.25) is 0 Å². The van der Waals surface area contributed by atoms with Gasteiger partial charge in [-0.2, -0.15) is 0 Å². The SMILES string of the molecule is CC1=C(C)C(=O)N(C2CC3CC(C(=O)O)C2C3)C1=O. The van der Waals surface area contributed by atoms with E-state index in [2.05, 4.69) is 0 Å². The number of carbonyl (C=O) groups is 3. The molecular formula is C14H17NO4. The van der Waals surface area contributed by atoms with Crippen molar-refractivity contribution in [2.75, 3.05) is 0 Å². The van der Waals surface area contributed by atoms with Gasteiger partial charge in [0.25, 0.3) is 11.8 Å². The summed E-state index contributed by atoms with van der Waals surface area (Å²) in [4.78, 5) is 36.9. The first-order valence-corrected chi connectivity index (χ1v) is 6.70. The van der Waals surface area contributed by atoms with E-state index >= 15 is 0 Å². The Kier molecular flexibility index (Phi) is 2.56. The van der Waals surface area contributed by atoms with Crippen molar-refractivity contribution in [3.63, 3.8) is 0 Å². The predicted octanol–water partition coefficient (Wildman–Crippen LogP) is 1.19. The molecule has 1 heterocycles. The molecule has 0 saturated heterocycles. The molecule has 2 saturated carbocycles. The first-order valence-electron chi connectivity index (χ1n) is 6.70. The van der Waals surface area contributed by atoms with Gasteiger partial charge in [-0.3, -0.25) is 19.3 Å². The smallest absolute Gasteiger partial charge is 0.306 e. The van der Waals surface area contributed by atoms with Crippen LogP contribution in [0.1, 0.15) is 33.1 Å². The second-order valence-electron chi connectivity index (χ2n) is 5.98. The molecule has 102 valence electrons. The zero-order valence-corrected chi connectivity index (χ0v) is 11.0. The highest BCUT2D eigenvalue weighted by Gasteiger charge is 2.54. The average molecular weight is 263 g/mol. The Balaban J connectivity index is 1.88. The third-order valence-corrected chi connectivity index (χ3v) is 5.07. The zero-order valence-electron chi connectivity index (χ0n) is 11.0. The molecule has 0 radical (unpaired) electrons. The largest absolute Gasteiger partial charge is 0.481 e. The van der Waals surface area contributed by atoms with Gasteiger partial charge >= 0.3 is 5.97 Å². The maximum atomic E-state index is 12.2. The second-order valence-corrected chi connectivity index (χ2v) is 5.98. The maximum absolute atomic E-state index is 12.2. The van der Waals surface area contributed by atoms with Crippen molar-refractivity contribution >= 4 is 17.8 Å². The lowest BCUT2D eigenvalue weighted by atomic mass is 9.84. The van der Waals surface area contributed by atoms with E-state index in [1.807, 2.05) is 0 Å². The lowest BCUT2D eigenvalue weighted by molar-refractivity contribution is -0.149. The van der Waals surface area contributed by atoms with Gasteiger partial charge < -0.3 is 5.11 Å². The number of fused-ring (bicyclic) bond motifs is 2. The van der Waals surface area contributed by atoms with Crippen LogP contribution in [0.15, 0.2) is 11.1 Å². The van der Waals surface area contributed by atoms with E-state index in [-0.39, 0.29) is 23.8 Å². The summed E-state index contributed by atoms with van der Waals surface area (Å²) in [5.74, 6) is -1.37. The molecule has 5 heteroatoms. The third kappa shape index (κ3) is 1.57. The highest BCUT2D eigenvalue weighted by Crippen LogP contribution is 2.51. The van der Waals surface area contributed by atoms with Gasteiger partial charge in [-0.25, -0.2) is 0 Å². The van der Waals surface area contributed by atoms with Crippen LogP contribution in [-0.2, 0) is 14.4 Å². The van der Waals surface area contributed by atoms with Crippen molar-refractivity contribution in [3.05, 3.63) is 11.1 Å². The minimum absolute atomic E-state index is 0.0610. The molecule has 2 bridgehead atoms. The fourth-order valence-corrected chi connectivity index (χ4v) is 3.97. The molecule has 4 unspecified atom stereocenters. The third-order valence-electron chi connectivity index (χ3n) is 5.07. The molecule has 0 aromatic rings. The summed E-state index contributed by atoms with van der Waals surface area (Å²) in [6, 6.07) is -0.216. The number of carboxylic acids is 1. The van der Waals surface area contributed by atoms with Crippen LogP contribution in [0.3, 0.4) is 0 Å². The quantitative estimate of drug-likeness (QED) is 0.759. The standard InChI is InChI=1S/C14H17NO4/c1-6-7(2)13(17)15(12(6)16)11-5-8-3-9(11)10(4-8)14(18)19/h8-11H,3-5H2,1-2H3,(H,18,19). The Morgan fingerprint density at radius 2 is 1.68 bits per heavy atom. The van der Waals surface area contributed by atoms with Gasteiger partial charge in [-0.05, 0) is 44.9 Å². The van der Waals surface area contributed by atoms with E-state index in [0.717, 1.165) is 12.8 Å². The molecule has 1 aliphatic heterocycles. The molecule has 0 aromatic heterocycles. The van der Waals surface area contributed by atoms with E-state index in [1.54, 1.807) is 13.8 Å². The van der Waals surface area contributed by atoms with Crippen LogP contribution in [-0.4, -0.2) is 33.8 Å². The van der Waals surface area contributed by atoms with E-state index in [0.29, 0.717) is 23.5 Å². The van der Waals surface area contributed by atoms with Crippen molar-refractivity contribution in [3.8, 4) is 0 Å². The fraction of sp³-hybridized carbons (Fsp3) is 0.643. The van der Waals surface area contributed by atoms with E-state index in [1.165, 1.54) is 4.90 Å². The van der Waals surface area contributed by atoms with Crippen LogP contribution >= 0.6 is 0 Å². The predicted molar refractivity (Wildman–Crippen MR) is 66.0 cm³/mol. The number of hydrogen-bond acceptors (Lipinski definition) is 3. The minimum Gasteiger partial charge on any atom is -0.481 e. The molecule has 5 nitrogen and oxygen atoms in total. The Hall–Kier alpha value is -1.65. The lowest BCUT2D eigenvalue weighted by Crippen LogP contribution is -2.47. The zero-order chi connectivity index (χ0) is 13.9. The number of aliphatic carboxylic acids is 1. The van der Waals surface area contributed by atoms with Crippen LogP contribution < -0.4 is 0 Å². The summed E-state index contributed by atoms with van der Waals surface area (Å²) in [6.07, 6.45) is 2.29. The minimum atomic E-state index is -0.794. The van der Waals surface area contributed by atoms with E-state index in [4.69, 9.17) is 0 Å². The highest BCUT2D eigenvalue weighted by atomic mass is 16.4. The Bertz CT molecular complexity index is 498. The van der Waals surface area contributed by atoms with Gasteiger partial charge in [0.05, 0.1) is 5.92 Å². The summed E-state index contributed by atoms with van der Waals surface area (Å²) >= 11 is 0. The summed E-state index contributed by atoms with van der Waals surface area (Å²) in [5.41, 5.74) is 0.999. The molecule has 19 heavy (non-hydrogen) atoms. The molecule has 2 amide bonds. The van der Waals surface area contributed by atoms with E-state index < -0.39 is 11.9 Å². The van der Waals surface area contributed by atoms with Gasteiger partial charge in [-0.1, -0.05) is 0 Å². The number of hydrogen-bond donors (Lipinski definition) is 1. The summed E-state index contributed by atoms with van der Waals surface area (Å²) in [7, 11) is 0. The average Bonchev–Trinajstić information content (AvgIpc) is 3.00. The Morgan fingerprint density at radius 3 is 2.16 bits per heavy atom. The molecule has 0 aromatic carbocycles. The second kappa shape index (κ2) is 3.92. The summed E-state index contributed by atoms with van der Waals surface area (Å²) in [5, 5.41) is 9.23.